The van der Waals surface area contributed by atoms with Gasteiger partial charge < -0.3 is 10.6 Å². The minimum atomic E-state index is 0.169. The molecule has 0 spiro atoms. The van der Waals surface area contributed by atoms with Crippen LogP contribution in [0, 0.1) is 5.92 Å². The third-order valence-corrected chi connectivity index (χ3v) is 3.00. The van der Waals surface area contributed by atoms with E-state index < -0.39 is 0 Å². The molecular formula is C11H19N5O. The number of aryl methyl sites for hydroxylation is 1. The van der Waals surface area contributed by atoms with Gasteiger partial charge in [0.1, 0.15) is 6.33 Å². The van der Waals surface area contributed by atoms with E-state index in [2.05, 4.69) is 20.7 Å². The molecule has 1 aromatic heterocycles. The lowest BCUT2D eigenvalue weighted by Crippen LogP contribution is -2.38. The summed E-state index contributed by atoms with van der Waals surface area (Å²) in [6.07, 6.45) is 4.24. The van der Waals surface area contributed by atoms with E-state index in [0.29, 0.717) is 13.0 Å². The van der Waals surface area contributed by atoms with Crippen LogP contribution in [0.3, 0.4) is 0 Å². The van der Waals surface area contributed by atoms with Crippen molar-refractivity contribution in [2.75, 3.05) is 19.6 Å². The Bertz CT molecular complexity index is 370. The van der Waals surface area contributed by atoms with Gasteiger partial charge in [0.2, 0.25) is 5.91 Å². The Morgan fingerprint density at radius 1 is 1.59 bits per heavy atom. The molecule has 94 valence electrons. The summed E-state index contributed by atoms with van der Waals surface area (Å²) in [5, 5.41) is 10.4. The van der Waals surface area contributed by atoms with Crippen molar-refractivity contribution < 1.29 is 4.79 Å². The van der Waals surface area contributed by atoms with E-state index >= 15 is 0 Å². The largest absolute Gasteiger partial charge is 0.355 e. The second-order valence-electron chi connectivity index (χ2n) is 4.40. The summed E-state index contributed by atoms with van der Waals surface area (Å²) < 4.78 is 1.67. The minimum Gasteiger partial charge on any atom is -0.355 e. The first-order chi connectivity index (χ1) is 8.25. The Hall–Kier alpha value is -1.43. The molecule has 6 nitrogen and oxygen atoms in total. The molecule has 1 amide bonds. The van der Waals surface area contributed by atoms with E-state index in [1.807, 2.05) is 7.05 Å². The van der Waals surface area contributed by atoms with Gasteiger partial charge in [0.05, 0.1) is 0 Å². The molecule has 0 saturated carbocycles. The van der Waals surface area contributed by atoms with Gasteiger partial charge in [0.15, 0.2) is 5.82 Å². The molecule has 17 heavy (non-hydrogen) atoms. The Kier molecular flexibility index (Phi) is 4.08. The van der Waals surface area contributed by atoms with Crippen LogP contribution in [0.25, 0.3) is 0 Å². The maximum Gasteiger partial charge on any atom is 0.223 e. The van der Waals surface area contributed by atoms with Crippen LogP contribution in [0.4, 0.5) is 0 Å². The molecule has 1 aromatic rings. The molecule has 0 aromatic carbocycles. The molecule has 2 heterocycles. The second-order valence-corrected chi connectivity index (χ2v) is 4.40. The van der Waals surface area contributed by atoms with E-state index in [1.165, 1.54) is 0 Å². The van der Waals surface area contributed by atoms with E-state index in [4.69, 9.17) is 0 Å². The van der Waals surface area contributed by atoms with Gasteiger partial charge in [-0.15, -0.1) is 0 Å². The zero-order valence-corrected chi connectivity index (χ0v) is 10.1. The topological polar surface area (TPSA) is 71.8 Å². The summed E-state index contributed by atoms with van der Waals surface area (Å²) in [5.74, 6) is 1.12. The monoisotopic (exact) mass is 237 g/mol. The van der Waals surface area contributed by atoms with Crippen LogP contribution in [-0.4, -0.2) is 40.3 Å². The predicted octanol–water partition coefficient (Wildman–Crippen LogP) is -0.527. The van der Waals surface area contributed by atoms with Crippen molar-refractivity contribution in [3.8, 4) is 0 Å². The SMILES string of the molecule is Cn1cnc(CCNC(=O)C2CCNCC2)n1. The van der Waals surface area contributed by atoms with Crippen molar-refractivity contribution in [1.82, 2.24) is 25.4 Å². The first-order valence-electron chi connectivity index (χ1n) is 6.08. The van der Waals surface area contributed by atoms with E-state index in [0.717, 1.165) is 31.8 Å². The lowest BCUT2D eigenvalue weighted by Gasteiger charge is -2.21. The lowest BCUT2D eigenvalue weighted by molar-refractivity contribution is -0.125. The van der Waals surface area contributed by atoms with Crippen molar-refractivity contribution in [3.05, 3.63) is 12.2 Å². The number of hydrogen-bond donors (Lipinski definition) is 2. The first-order valence-corrected chi connectivity index (χ1v) is 6.08. The maximum atomic E-state index is 11.8. The number of carbonyl (C=O) groups is 1. The zero-order valence-electron chi connectivity index (χ0n) is 10.1. The standard InChI is InChI=1S/C11H19N5O/c1-16-8-14-10(15-16)4-7-13-11(17)9-2-5-12-6-3-9/h8-9,12H,2-7H2,1H3,(H,13,17). The fraction of sp³-hybridized carbons (Fsp3) is 0.727. The molecule has 0 unspecified atom stereocenters. The fourth-order valence-corrected chi connectivity index (χ4v) is 2.02. The van der Waals surface area contributed by atoms with Crippen molar-refractivity contribution in [1.29, 1.82) is 0 Å². The van der Waals surface area contributed by atoms with Gasteiger partial charge in [-0.2, -0.15) is 5.10 Å². The highest BCUT2D eigenvalue weighted by Gasteiger charge is 2.20. The van der Waals surface area contributed by atoms with Crippen LogP contribution in [0.2, 0.25) is 0 Å². The number of amides is 1. The Balaban J connectivity index is 1.69. The number of aromatic nitrogens is 3. The molecule has 1 fully saturated rings. The van der Waals surface area contributed by atoms with Gasteiger partial charge in [-0.25, -0.2) is 4.98 Å². The summed E-state index contributed by atoms with van der Waals surface area (Å²) in [5.41, 5.74) is 0. The summed E-state index contributed by atoms with van der Waals surface area (Å²) in [6, 6.07) is 0. The summed E-state index contributed by atoms with van der Waals surface area (Å²) in [7, 11) is 1.84. The van der Waals surface area contributed by atoms with Gasteiger partial charge in [-0.05, 0) is 25.9 Å². The van der Waals surface area contributed by atoms with E-state index in [9.17, 15) is 4.79 Å². The molecular weight excluding hydrogens is 218 g/mol. The molecule has 1 aliphatic rings. The number of hydrogen-bond acceptors (Lipinski definition) is 4. The predicted molar refractivity (Wildman–Crippen MR) is 63.3 cm³/mol. The number of rotatable bonds is 4. The summed E-state index contributed by atoms with van der Waals surface area (Å²) in [6.45, 7) is 2.51. The van der Waals surface area contributed by atoms with Crippen LogP contribution in [0.1, 0.15) is 18.7 Å². The van der Waals surface area contributed by atoms with Crippen LogP contribution < -0.4 is 10.6 Å². The molecule has 0 aliphatic carbocycles. The minimum absolute atomic E-state index is 0.169. The van der Waals surface area contributed by atoms with E-state index in [-0.39, 0.29) is 11.8 Å². The molecule has 0 atom stereocenters. The number of nitrogens with one attached hydrogen (secondary N) is 2. The van der Waals surface area contributed by atoms with Gasteiger partial charge >= 0.3 is 0 Å². The van der Waals surface area contributed by atoms with Crippen LogP contribution in [0.5, 0.6) is 0 Å². The molecule has 2 N–H and O–H groups in total. The molecule has 0 bridgehead atoms. The number of nitrogens with zero attached hydrogens (tertiary/aromatic N) is 3. The van der Waals surface area contributed by atoms with Crippen molar-refractivity contribution in [2.24, 2.45) is 13.0 Å². The van der Waals surface area contributed by atoms with Crippen molar-refractivity contribution >= 4 is 5.91 Å². The Morgan fingerprint density at radius 3 is 3.00 bits per heavy atom. The molecule has 0 radical (unpaired) electrons. The highest BCUT2D eigenvalue weighted by atomic mass is 16.1. The summed E-state index contributed by atoms with van der Waals surface area (Å²) >= 11 is 0. The average molecular weight is 237 g/mol. The average Bonchev–Trinajstić information content (AvgIpc) is 2.76. The van der Waals surface area contributed by atoms with Crippen molar-refractivity contribution in [3.63, 3.8) is 0 Å². The Labute approximate surface area is 101 Å². The number of piperidine rings is 1. The first kappa shape index (κ1) is 12.0. The van der Waals surface area contributed by atoms with Gasteiger partial charge in [-0.3, -0.25) is 9.48 Å². The number of carbonyl (C=O) groups excluding carboxylic acids is 1. The Morgan fingerprint density at radius 2 is 2.35 bits per heavy atom. The molecule has 6 heteroatoms. The summed E-state index contributed by atoms with van der Waals surface area (Å²) in [4.78, 5) is 15.9. The normalized spacial score (nSPS) is 17.0. The zero-order chi connectivity index (χ0) is 12.1. The molecule has 1 saturated heterocycles. The highest BCUT2D eigenvalue weighted by Crippen LogP contribution is 2.11. The third kappa shape index (κ3) is 3.52. The second kappa shape index (κ2) is 5.77. The van der Waals surface area contributed by atoms with Gasteiger partial charge in [0.25, 0.3) is 0 Å². The quantitative estimate of drug-likeness (QED) is 0.738. The third-order valence-electron chi connectivity index (χ3n) is 3.00. The lowest BCUT2D eigenvalue weighted by atomic mass is 9.97. The van der Waals surface area contributed by atoms with Crippen LogP contribution >= 0.6 is 0 Å². The van der Waals surface area contributed by atoms with Crippen molar-refractivity contribution in [2.45, 2.75) is 19.3 Å². The smallest absolute Gasteiger partial charge is 0.223 e. The van der Waals surface area contributed by atoms with E-state index in [1.54, 1.807) is 11.0 Å². The van der Waals surface area contributed by atoms with Crippen LogP contribution in [-0.2, 0) is 18.3 Å². The highest BCUT2D eigenvalue weighted by molar-refractivity contribution is 5.78. The van der Waals surface area contributed by atoms with Crippen LogP contribution in [0.15, 0.2) is 6.33 Å². The van der Waals surface area contributed by atoms with Gasteiger partial charge in [-0.1, -0.05) is 0 Å². The fourth-order valence-electron chi connectivity index (χ4n) is 2.02. The molecule has 2 rings (SSSR count). The maximum absolute atomic E-state index is 11.8. The van der Waals surface area contributed by atoms with Gasteiger partial charge in [0, 0.05) is 25.9 Å². The molecule has 1 aliphatic heterocycles.